The summed E-state index contributed by atoms with van der Waals surface area (Å²) in [4.78, 5) is 13.6. The smallest absolute Gasteiger partial charge is 0.307 e. The lowest BCUT2D eigenvalue weighted by atomic mass is 10.2. The third-order valence-electron chi connectivity index (χ3n) is 3.85. The van der Waals surface area contributed by atoms with E-state index in [1.165, 1.54) is 4.90 Å². The molecule has 0 saturated heterocycles. The van der Waals surface area contributed by atoms with Crippen molar-refractivity contribution in [3.05, 3.63) is 66.2 Å². The molecule has 28 heavy (non-hydrogen) atoms. The fourth-order valence-corrected chi connectivity index (χ4v) is 3.73. The quantitative estimate of drug-likeness (QED) is 0.344. The minimum atomic E-state index is -0.253. The van der Waals surface area contributed by atoms with Gasteiger partial charge in [0.2, 0.25) is 0 Å². The molecule has 0 radical (unpaired) electrons. The first-order chi connectivity index (χ1) is 13.3. The zero-order valence-electron chi connectivity index (χ0n) is 17.2. The van der Waals surface area contributed by atoms with Gasteiger partial charge in [-0.1, -0.05) is 48.5 Å². The zero-order valence-corrected chi connectivity index (χ0v) is 18.0. The molecule has 2 aromatic rings. The topological polar surface area (TPSA) is 47.6 Å². The summed E-state index contributed by atoms with van der Waals surface area (Å²) in [6, 6.07) is 19.9. The summed E-state index contributed by atoms with van der Waals surface area (Å²) >= 11 is 1.72. The summed E-state index contributed by atoms with van der Waals surface area (Å²) < 4.78 is 11.4. The van der Waals surface area contributed by atoms with Crippen LogP contribution in [0.1, 0.15) is 39.7 Å². The van der Waals surface area contributed by atoms with Gasteiger partial charge in [-0.05, 0) is 45.4 Å². The van der Waals surface area contributed by atoms with Crippen LogP contribution in [0.5, 0.6) is 0 Å². The minimum absolute atomic E-state index is 0.0502. The zero-order chi connectivity index (χ0) is 20.4. The Morgan fingerprint density at radius 3 is 2.25 bits per heavy atom. The predicted octanol–water partition coefficient (Wildman–Crippen LogP) is 5.03. The van der Waals surface area contributed by atoms with E-state index in [9.17, 15) is 4.79 Å². The lowest BCUT2D eigenvalue weighted by molar-refractivity contribution is -0.145. The van der Waals surface area contributed by atoms with Gasteiger partial charge in [-0.15, -0.1) is 11.8 Å². The normalized spacial score (nSPS) is 13.7. The Morgan fingerprint density at radius 1 is 1.04 bits per heavy atom. The van der Waals surface area contributed by atoms with Gasteiger partial charge in [0.1, 0.15) is 12.8 Å². The van der Waals surface area contributed by atoms with Crippen LogP contribution in [0.4, 0.5) is 0 Å². The first-order valence-corrected chi connectivity index (χ1v) is 10.6. The van der Waals surface area contributed by atoms with Gasteiger partial charge < -0.3 is 9.47 Å². The van der Waals surface area contributed by atoms with E-state index in [2.05, 4.69) is 17.4 Å². The van der Waals surface area contributed by atoms with E-state index in [1.54, 1.807) is 11.8 Å². The highest BCUT2D eigenvalue weighted by Gasteiger charge is 2.21. The Bertz CT molecular complexity index is 701. The standard InChI is InChI=1S/C23H31NO3S/c1-18(27-23(2,3)4)24-20(17-28-21-13-9-6-10-14-21)15-22(25)26-16-19-11-7-5-8-12-19/h5-14,18,20,24H,15-17H2,1-4H3/t18?,20-/m1/s1. The molecule has 5 heteroatoms. The van der Waals surface area contributed by atoms with Crippen molar-refractivity contribution in [1.82, 2.24) is 5.32 Å². The number of rotatable bonds is 10. The highest BCUT2D eigenvalue weighted by atomic mass is 32.2. The van der Waals surface area contributed by atoms with Gasteiger partial charge in [-0.2, -0.15) is 0 Å². The van der Waals surface area contributed by atoms with E-state index < -0.39 is 0 Å². The van der Waals surface area contributed by atoms with Crippen molar-refractivity contribution in [2.24, 2.45) is 0 Å². The highest BCUT2D eigenvalue weighted by molar-refractivity contribution is 7.99. The van der Waals surface area contributed by atoms with Crippen LogP contribution in [0.15, 0.2) is 65.6 Å². The van der Waals surface area contributed by atoms with Gasteiger partial charge in [0.25, 0.3) is 0 Å². The average Bonchev–Trinajstić information content (AvgIpc) is 2.64. The molecule has 2 rings (SSSR count). The number of ether oxygens (including phenoxy) is 2. The summed E-state index contributed by atoms with van der Waals surface area (Å²) in [6.45, 7) is 8.33. The molecule has 0 aliphatic carbocycles. The second kappa shape index (κ2) is 11.2. The van der Waals surface area contributed by atoms with Crippen molar-refractivity contribution >= 4 is 17.7 Å². The van der Waals surface area contributed by atoms with E-state index in [-0.39, 0.29) is 23.8 Å². The number of carbonyl (C=O) groups is 1. The summed E-state index contributed by atoms with van der Waals surface area (Å²) in [5, 5.41) is 3.43. The monoisotopic (exact) mass is 401 g/mol. The number of esters is 1. The number of thioether (sulfide) groups is 1. The molecule has 0 spiro atoms. The molecule has 0 bridgehead atoms. The second-order valence-corrected chi connectivity index (χ2v) is 8.80. The molecule has 1 unspecified atom stereocenters. The van der Waals surface area contributed by atoms with Crippen LogP contribution < -0.4 is 5.32 Å². The molecule has 0 fully saturated rings. The number of benzene rings is 2. The maximum Gasteiger partial charge on any atom is 0.307 e. The van der Waals surface area contributed by atoms with E-state index in [0.29, 0.717) is 13.0 Å². The van der Waals surface area contributed by atoms with Gasteiger partial charge in [-0.25, -0.2) is 0 Å². The maximum absolute atomic E-state index is 12.4. The average molecular weight is 402 g/mol. The third-order valence-corrected chi connectivity index (χ3v) is 5.03. The SMILES string of the molecule is CC(N[C@@H](CSc1ccccc1)CC(=O)OCc1ccccc1)OC(C)(C)C. The van der Waals surface area contributed by atoms with E-state index >= 15 is 0 Å². The van der Waals surface area contributed by atoms with E-state index in [0.717, 1.165) is 11.3 Å². The fourth-order valence-electron chi connectivity index (χ4n) is 2.77. The molecule has 0 amide bonds. The van der Waals surface area contributed by atoms with Crippen LogP contribution in [0, 0.1) is 0 Å². The van der Waals surface area contributed by atoms with Crippen molar-refractivity contribution in [3.8, 4) is 0 Å². The Kier molecular flexibility index (Phi) is 9.03. The van der Waals surface area contributed by atoms with Crippen LogP contribution in [-0.2, 0) is 20.9 Å². The van der Waals surface area contributed by atoms with Crippen molar-refractivity contribution in [2.45, 2.75) is 63.5 Å². The van der Waals surface area contributed by atoms with Gasteiger partial charge in [-0.3, -0.25) is 10.1 Å². The van der Waals surface area contributed by atoms with Crippen molar-refractivity contribution < 1.29 is 14.3 Å². The third kappa shape index (κ3) is 9.40. The molecule has 0 heterocycles. The van der Waals surface area contributed by atoms with Gasteiger partial charge in [0, 0.05) is 16.7 Å². The largest absolute Gasteiger partial charge is 0.461 e. The first-order valence-electron chi connectivity index (χ1n) is 9.63. The number of carbonyl (C=O) groups excluding carboxylic acids is 1. The number of hydrogen-bond acceptors (Lipinski definition) is 5. The Balaban J connectivity index is 1.90. The molecular weight excluding hydrogens is 370 g/mol. The van der Waals surface area contributed by atoms with Crippen LogP contribution >= 0.6 is 11.8 Å². The van der Waals surface area contributed by atoms with Crippen LogP contribution in [-0.4, -0.2) is 29.6 Å². The van der Waals surface area contributed by atoms with Gasteiger partial charge in [0.05, 0.1) is 12.0 Å². The number of hydrogen-bond donors (Lipinski definition) is 1. The summed E-state index contributed by atoms with van der Waals surface area (Å²) in [7, 11) is 0. The summed E-state index contributed by atoms with van der Waals surface area (Å²) in [5.41, 5.74) is 0.737. The Labute approximate surface area is 173 Å². The molecule has 0 saturated carbocycles. The second-order valence-electron chi connectivity index (χ2n) is 7.71. The van der Waals surface area contributed by atoms with E-state index in [1.807, 2.05) is 76.2 Å². The van der Waals surface area contributed by atoms with Gasteiger partial charge in [0.15, 0.2) is 0 Å². The fraction of sp³-hybridized carbons (Fsp3) is 0.435. The lowest BCUT2D eigenvalue weighted by Crippen LogP contribution is -2.44. The molecule has 0 aromatic heterocycles. The maximum atomic E-state index is 12.4. The molecule has 2 atom stereocenters. The molecule has 1 N–H and O–H groups in total. The highest BCUT2D eigenvalue weighted by Crippen LogP contribution is 2.20. The molecule has 152 valence electrons. The van der Waals surface area contributed by atoms with E-state index in [4.69, 9.17) is 9.47 Å². The van der Waals surface area contributed by atoms with Gasteiger partial charge >= 0.3 is 5.97 Å². The van der Waals surface area contributed by atoms with Crippen molar-refractivity contribution in [1.29, 1.82) is 0 Å². The van der Waals surface area contributed by atoms with Crippen LogP contribution in [0.2, 0.25) is 0 Å². The first kappa shape index (κ1) is 22.5. The minimum Gasteiger partial charge on any atom is -0.461 e. The lowest BCUT2D eigenvalue weighted by Gasteiger charge is -2.29. The molecule has 4 nitrogen and oxygen atoms in total. The Morgan fingerprint density at radius 2 is 1.64 bits per heavy atom. The predicted molar refractivity (Wildman–Crippen MR) is 115 cm³/mol. The van der Waals surface area contributed by atoms with Crippen LogP contribution in [0.25, 0.3) is 0 Å². The molecular formula is C23H31NO3S. The van der Waals surface area contributed by atoms with Crippen LogP contribution in [0.3, 0.4) is 0 Å². The molecule has 2 aromatic carbocycles. The molecule has 0 aliphatic heterocycles. The van der Waals surface area contributed by atoms with Crippen molar-refractivity contribution in [2.75, 3.05) is 5.75 Å². The summed E-state index contributed by atoms with van der Waals surface area (Å²) in [6.07, 6.45) is 0.133. The Hall–Kier alpha value is -1.82. The number of nitrogens with one attached hydrogen (secondary N) is 1. The van der Waals surface area contributed by atoms with Crippen molar-refractivity contribution in [3.63, 3.8) is 0 Å². The molecule has 0 aliphatic rings. The summed E-state index contributed by atoms with van der Waals surface area (Å²) in [5.74, 6) is 0.542.